The van der Waals surface area contributed by atoms with Crippen molar-refractivity contribution in [2.45, 2.75) is 17.6 Å². The number of ether oxygens (including phenoxy) is 1. The molecular formula is C16H16F3NO3S. The summed E-state index contributed by atoms with van der Waals surface area (Å²) < 4.78 is 68.6. The largest absolute Gasteiger partial charge is 0.497 e. The fourth-order valence-electron chi connectivity index (χ4n) is 2.07. The van der Waals surface area contributed by atoms with Crippen molar-refractivity contribution in [3.63, 3.8) is 0 Å². The van der Waals surface area contributed by atoms with Crippen molar-refractivity contribution in [1.82, 2.24) is 4.31 Å². The lowest BCUT2D eigenvalue weighted by molar-refractivity contribution is -0.137. The Morgan fingerprint density at radius 2 is 1.54 bits per heavy atom. The first-order valence-corrected chi connectivity index (χ1v) is 8.35. The summed E-state index contributed by atoms with van der Waals surface area (Å²) in [5.41, 5.74) is -0.311. The summed E-state index contributed by atoms with van der Waals surface area (Å²) in [4.78, 5) is 0.0812. The standard InChI is InChI=1S/C16H16F3NO3S/c1-20(11-12-3-5-13(6-4-12)16(17,18)19)24(21,22)15-9-7-14(23-2)8-10-15/h3-10H,11H2,1-2H3. The van der Waals surface area contributed by atoms with Gasteiger partial charge in [0.05, 0.1) is 17.6 Å². The third kappa shape index (κ3) is 4.07. The van der Waals surface area contributed by atoms with Crippen molar-refractivity contribution in [2.24, 2.45) is 0 Å². The third-order valence-electron chi connectivity index (χ3n) is 3.45. The zero-order valence-electron chi connectivity index (χ0n) is 13.0. The minimum absolute atomic E-state index is 0.0352. The molecule has 2 aromatic rings. The first-order chi connectivity index (χ1) is 11.1. The second-order valence-corrected chi connectivity index (χ2v) is 7.18. The average Bonchev–Trinajstić information content (AvgIpc) is 2.54. The molecule has 0 bridgehead atoms. The van der Waals surface area contributed by atoms with Gasteiger partial charge >= 0.3 is 6.18 Å². The highest BCUT2D eigenvalue weighted by Gasteiger charge is 2.30. The smallest absolute Gasteiger partial charge is 0.416 e. The van der Waals surface area contributed by atoms with E-state index in [1.165, 1.54) is 50.6 Å². The van der Waals surface area contributed by atoms with Crippen molar-refractivity contribution in [3.8, 4) is 5.75 Å². The van der Waals surface area contributed by atoms with Crippen molar-refractivity contribution < 1.29 is 26.3 Å². The molecule has 130 valence electrons. The zero-order valence-corrected chi connectivity index (χ0v) is 13.9. The molecule has 2 rings (SSSR count). The van der Waals surface area contributed by atoms with Gasteiger partial charge in [-0.05, 0) is 42.0 Å². The second kappa shape index (κ2) is 6.82. The van der Waals surface area contributed by atoms with E-state index in [0.717, 1.165) is 16.4 Å². The SMILES string of the molecule is COc1ccc(S(=O)(=O)N(C)Cc2ccc(C(F)(F)F)cc2)cc1. The molecule has 0 heterocycles. The van der Waals surface area contributed by atoms with Crippen LogP contribution in [-0.2, 0) is 22.7 Å². The number of alkyl halides is 3. The van der Waals surface area contributed by atoms with Crippen molar-refractivity contribution in [2.75, 3.05) is 14.2 Å². The molecule has 0 aliphatic heterocycles. The number of halogens is 3. The molecule has 0 fully saturated rings. The highest BCUT2D eigenvalue weighted by atomic mass is 32.2. The van der Waals surface area contributed by atoms with Gasteiger partial charge in [0.2, 0.25) is 10.0 Å². The van der Waals surface area contributed by atoms with Crippen molar-refractivity contribution in [3.05, 3.63) is 59.7 Å². The van der Waals surface area contributed by atoms with E-state index >= 15 is 0 Å². The molecule has 0 aliphatic carbocycles. The fraction of sp³-hybridized carbons (Fsp3) is 0.250. The lowest BCUT2D eigenvalue weighted by atomic mass is 10.1. The van der Waals surface area contributed by atoms with Crippen molar-refractivity contribution in [1.29, 1.82) is 0 Å². The van der Waals surface area contributed by atoms with Crippen LogP contribution in [0, 0.1) is 0 Å². The number of nitrogens with zero attached hydrogens (tertiary/aromatic N) is 1. The molecule has 0 amide bonds. The van der Waals surface area contributed by atoms with E-state index in [9.17, 15) is 21.6 Å². The highest BCUT2D eigenvalue weighted by molar-refractivity contribution is 7.89. The average molecular weight is 359 g/mol. The molecule has 0 aliphatic rings. The lowest BCUT2D eigenvalue weighted by Crippen LogP contribution is -2.26. The molecule has 0 radical (unpaired) electrons. The second-order valence-electron chi connectivity index (χ2n) is 5.13. The van der Waals surface area contributed by atoms with Gasteiger partial charge in [0, 0.05) is 13.6 Å². The molecule has 0 saturated carbocycles. The van der Waals surface area contributed by atoms with Crippen LogP contribution in [-0.4, -0.2) is 26.9 Å². The number of rotatable bonds is 5. The van der Waals surface area contributed by atoms with E-state index < -0.39 is 21.8 Å². The summed E-state index contributed by atoms with van der Waals surface area (Å²) in [5.74, 6) is 0.527. The Hall–Kier alpha value is -2.06. The summed E-state index contributed by atoms with van der Waals surface area (Å²) in [6.07, 6.45) is -4.42. The number of benzene rings is 2. The van der Waals surface area contributed by atoms with Crippen LogP contribution in [0.1, 0.15) is 11.1 Å². The van der Waals surface area contributed by atoms with Crippen LogP contribution >= 0.6 is 0 Å². The Morgan fingerprint density at radius 3 is 2.00 bits per heavy atom. The maximum atomic E-state index is 12.5. The highest BCUT2D eigenvalue weighted by Crippen LogP contribution is 2.29. The van der Waals surface area contributed by atoms with Gasteiger partial charge in [-0.25, -0.2) is 8.42 Å². The quantitative estimate of drug-likeness (QED) is 0.820. The summed E-state index contributed by atoms with van der Waals surface area (Å²) in [5, 5.41) is 0. The summed E-state index contributed by atoms with van der Waals surface area (Å²) >= 11 is 0. The van der Waals surface area contributed by atoms with Gasteiger partial charge in [-0.15, -0.1) is 0 Å². The lowest BCUT2D eigenvalue weighted by Gasteiger charge is -2.18. The van der Waals surface area contributed by atoms with Gasteiger partial charge in [-0.3, -0.25) is 0 Å². The van der Waals surface area contributed by atoms with E-state index in [0.29, 0.717) is 11.3 Å². The molecule has 8 heteroatoms. The number of hydrogen-bond donors (Lipinski definition) is 0. The van der Waals surface area contributed by atoms with Crippen LogP contribution in [0.5, 0.6) is 5.75 Å². The van der Waals surface area contributed by atoms with Crippen LogP contribution in [0.3, 0.4) is 0 Å². The summed E-state index contributed by atoms with van der Waals surface area (Å²) in [7, 11) is -0.900. The summed E-state index contributed by atoms with van der Waals surface area (Å²) in [6.45, 7) is -0.0352. The third-order valence-corrected chi connectivity index (χ3v) is 5.27. The van der Waals surface area contributed by atoms with E-state index in [2.05, 4.69) is 0 Å². The molecule has 0 unspecified atom stereocenters. The molecule has 0 atom stereocenters. The molecule has 0 saturated heterocycles. The van der Waals surface area contributed by atoms with Crippen LogP contribution < -0.4 is 4.74 Å². The van der Waals surface area contributed by atoms with E-state index in [-0.39, 0.29) is 11.4 Å². The molecule has 0 spiro atoms. The Bertz CT molecular complexity index is 785. The molecule has 24 heavy (non-hydrogen) atoms. The van der Waals surface area contributed by atoms with Crippen molar-refractivity contribution >= 4 is 10.0 Å². The molecule has 0 N–H and O–H groups in total. The number of methoxy groups -OCH3 is 1. The fourth-order valence-corrected chi connectivity index (χ4v) is 3.23. The van der Waals surface area contributed by atoms with Gasteiger partial charge < -0.3 is 4.74 Å². The van der Waals surface area contributed by atoms with Crippen LogP contribution in [0.15, 0.2) is 53.4 Å². The van der Waals surface area contributed by atoms with Crippen LogP contribution in [0.2, 0.25) is 0 Å². The molecule has 0 aromatic heterocycles. The maximum absolute atomic E-state index is 12.5. The Balaban J connectivity index is 2.16. The maximum Gasteiger partial charge on any atom is 0.416 e. The normalized spacial score (nSPS) is 12.4. The van der Waals surface area contributed by atoms with Crippen LogP contribution in [0.4, 0.5) is 13.2 Å². The van der Waals surface area contributed by atoms with E-state index in [1.54, 1.807) is 0 Å². The first kappa shape index (κ1) is 18.3. The molecule has 2 aromatic carbocycles. The predicted octanol–water partition coefficient (Wildman–Crippen LogP) is 3.53. The van der Waals surface area contributed by atoms with Gasteiger partial charge in [0.25, 0.3) is 0 Å². The first-order valence-electron chi connectivity index (χ1n) is 6.91. The minimum Gasteiger partial charge on any atom is -0.497 e. The minimum atomic E-state index is -4.42. The summed E-state index contributed by atoms with van der Waals surface area (Å²) in [6, 6.07) is 10.3. The number of sulfonamides is 1. The van der Waals surface area contributed by atoms with Gasteiger partial charge in [0.15, 0.2) is 0 Å². The van der Waals surface area contributed by atoms with Crippen LogP contribution in [0.25, 0.3) is 0 Å². The van der Waals surface area contributed by atoms with E-state index in [4.69, 9.17) is 4.74 Å². The molecule has 4 nitrogen and oxygen atoms in total. The monoisotopic (exact) mass is 359 g/mol. The Kier molecular flexibility index (Phi) is 5.19. The van der Waals surface area contributed by atoms with Gasteiger partial charge in [-0.2, -0.15) is 17.5 Å². The van der Waals surface area contributed by atoms with Gasteiger partial charge in [-0.1, -0.05) is 12.1 Å². The zero-order chi connectivity index (χ0) is 18.0. The Labute approximate surface area is 138 Å². The number of hydrogen-bond acceptors (Lipinski definition) is 3. The predicted molar refractivity (Wildman–Crippen MR) is 83.1 cm³/mol. The molecular weight excluding hydrogens is 343 g/mol. The van der Waals surface area contributed by atoms with E-state index in [1.807, 2.05) is 0 Å². The Morgan fingerprint density at radius 1 is 1.00 bits per heavy atom. The van der Waals surface area contributed by atoms with Gasteiger partial charge in [0.1, 0.15) is 5.75 Å². The topological polar surface area (TPSA) is 46.6 Å².